The van der Waals surface area contributed by atoms with E-state index in [0.717, 1.165) is 22.5 Å². The molecule has 7 nitrogen and oxygen atoms in total. The average Bonchev–Trinajstić information content (AvgIpc) is 2.58. The Balaban J connectivity index is 2.99. The fourth-order valence-electron chi connectivity index (χ4n) is 1.98. The Bertz CT molecular complexity index is 745. The molecule has 0 unspecified atom stereocenters. The van der Waals surface area contributed by atoms with Crippen LogP contribution in [-0.2, 0) is 19.6 Å². The van der Waals surface area contributed by atoms with E-state index < -0.39 is 39.2 Å². The summed E-state index contributed by atoms with van der Waals surface area (Å²) in [6.45, 7) is 6.68. The molecule has 1 N–H and O–H groups in total. The molecule has 0 heterocycles. The lowest BCUT2D eigenvalue weighted by atomic mass is 10.2. The van der Waals surface area contributed by atoms with Crippen LogP contribution in [0.5, 0.6) is 0 Å². The van der Waals surface area contributed by atoms with Crippen LogP contribution in [0.25, 0.3) is 0 Å². The third-order valence-corrected chi connectivity index (χ3v) is 5.33. The van der Waals surface area contributed by atoms with E-state index in [2.05, 4.69) is 11.9 Å². The number of nitrogens with one attached hydrogen (secondary N) is 1. The molecule has 0 saturated heterocycles. The van der Waals surface area contributed by atoms with Gasteiger partial charge in [0.1, 0.15) is 10.7 Å². The van der Waals surface area contributed by atoms with Gasteiger partial charge in [0.25, 0.3) is 5.91 Å². The van der Waals surface area contributed by atoms with Crippen LogP contribution in [0.4, 0.5) is 4.39 Å². The lowest BCUT2D eigenvalue weighted by Crippen LogP contribution is -2.31. The van der Waals surface area contributed by atoms with Crippen LogP contribution in [0.3, 0.4) is 0 Å². The first-order valence-electron chi connectivity index (χ1n) is 7.62. The van der Waals surface area contributed by atoms with Gasteiger partial charge in [-0.15, -0.1) is 6.58 Å². The molecule has 0 radical (unpaired) electrons. The van der Waals surface area contributed by atoms with Crippen LogP contribution in [0.1, 0.15) is 24.2 Å². The summed E-state index contributed by atoms with van der Waals surface area (Å²) in [4.78, 5) is 22.7. The van der Waals surface area contributed by atoms with Crippen molar-refractivity contribution in [1.82, 2.24) is 9.62 Å². The van der Waals surface area contributed by atoms with Crippen LogP contribution in [0.2, 0.25) is 0 Å². The number of sulfonamides is 1. The molecule has 0 aliphatic heterocycles. The lowest BCUT2D eigenvalue weighted by Gasteiger charge is -2.19. The highest BCUT2D eigenvalue weighted by atomic mass is 32.2. The Kier molecular flexibility index (Phi) is 7.72. The summed E-state index contributed by atoms with van der Waals surface area (Å²) in [5, 5.41) is 2.42. The predicted octanol–water partition coefficient (Wildman–Crippen LogP) is 1.32. The van der Waals surface area contributed by atoms with Gasteiger partial charge in [-0.25, -0.2) is 17.6 Å². The number of carbonyl (C=O) groups is 2. The molecule has 0 bridgehead atoms. The number of amides is 1. The van der Waals surface area contributed by atoms with Crippen molar-refractivity contribution in [2.45, 2.75) is 18.7 Å². The smallest absolute Gasteiger partial charge is 0.338 e. The first-order valence-corrected chi connectivity index (χ1v) is 9.06. The molecular weight excluding hydrogens is 351 g/mol. The summed E-state index contributed by atoms with van der Waals surface area (Å²) in [6, 6.07) is 2.89. The second kappa shape index (κ2) is 9.28. The molecule has 0 fully saturated rings. The molecule has 1 amide bonds. The summed E-state index contributed by atoms with van der Waals surface area (Å²) in [5.41, 5.74) is -0.163. The molecule has 0 aliphatic rings. The summed E-state index contributed by atoms with van der Waals surface area (Å²) in [7, 11) is -4.07. The number of halogens is 1. The number of rotatable bonds is 9. The number of hydrogen-bond acceptors (Lipinski definition) is 5. The Morgan fingerprint density at radius 2 is 1.96 bits per heavy atom. The fraction of sp³-hybridized carbons (Fsp3) is 0.375. The molecular formula is C16H21FN2O5S. The van der Waals surface area contributed by atoms with Gasteiger partial charge >= 0.3 is 5.97 Å². The third-order valence-electron chi connectivity index (χ3n) is 3.27. The number of nitrogens with zero attached hydrogens (tertiary/aromatic N) is 1. The second-order valence-corrected chi connectivity index (χ2v) is 6.81. The van der Waals surface area contributed by atoms with Gasteiger partial charge in [0, 0.05) is 19.6 Å². The van der Waals surface area contributed by atoms with Crippen LogP contribution >= 0.6 is 0 Å². The fourth-order valence-corrected chi connectivity index (χ4v) is 3.53. The Morgan fingerprint density at radius 3 is 2.52 bits per heavy atom. The number of esters is 1. The van der Waals surface area contributed by atoms with Crippen molar-refractivity contribution in [3.8, 4) is 0 Å². The SMILES string of the molecule is C=CCNC(=O)COC(=O)c1ccc(F)c(S(=O)(=O)N(CC)CC)c1. The van der Waals surface area contributed by atoms with E-state index in [0.29, 0.717) is 0 Å². The number of benzene rings is 1. The normalized spacial score (nSPS) is 11.2. The van der Waals surface area contributed by atoms with Crippen molar-refractivity contribution in [2.24, 2.45) is 0 Å². The Labute approximate surface area is 146 Å². The molecule has 0 saturated carbocycles. The van der Waals surface area contributed by atoms with Gasteiger partial charge in [0.2, 0.25) is 10.0 Å². The minimum absolute atomic E-state index is 0.163. The molecule has 0 aromatic heterocycles. The van der Waals surface area contributed by atoms with Crippen molar-refractivity contribution in [1.29, 1.82) is 0 Å². The van der Waals surface area contributed by atoms with Crippen molar-refractivity contribution >= 4 is 21.9 Å². The van der Waals surface area contributed by atoms with E-state index in [1.807, 2.05) is 0 Å². The summed E-state index contributed by atoms with van der Waals surface area (Å²) < 4.78 is 44.7. The molecule has 9 heteroatoms. The molecule has 0 aliphatic carbocycles. The second-order valence-electron chi connectivity index (χ2n) is 4.90. The molecule has 1 rings (SSSR count). The van der Waals surface area contributed by atoms with Crippen LogP contribution < -0.4 is 5.32 Å². The maximum absolute atomic E-state index is 14.0. The zero-order valence-electron chi connectivity index (χ0n) is 14.1. The molecule has 1 aromatic rings. The maximum atomic E-state index is 14.0. The quantitative estimate of drug-likeness (QED) is 0.521. The highest BCUT2D eigenvalue weighted by Gasteiger charge is 2.26. The van der Waals surface area contributed by atoms with Crippen LogP contribution in [0.15, 0.2) is 35.7 Å². The summed E-state index contributed by atoms with van der Waals surface area (Å²) in [5.74, 6) is -2.43. The van der Waals surface area contributed by atoms with Gasteiger partial charge in [-0.2, -0.15) is 4.31 Å². The predicted molar refractivity (Wildman–Crippen MR) is 90.0 cm³/mol. The van der Waals surface area contributed by atoms with Gasteiger partial charge in [-0.3, -0.25) is 4.79 Å². The molecule has 0 spiro atoms. The van der Waals surface area contributed by atoms with E-state index in [4.69, 9.17) is 4.74 Å². The van der Waals surface area contributed by atoms with E-state index >= 15 is 0 Å². The van der Waals surface area contributed by atoms with Crippen molar-refractivity contribution in [3.63, 3.8) is 0 Å². The summed E-state index contributed by atoms with van der Waals surface area (Å²) in [6.07, 6.45) is 1.46. The maximum Gasteiger partial charge on any atom is 0.338 e. The molecule has 25 heavy (non-hydrogen) atoms. The monoisotopic (exact) mass is 372 g/mol. The lowest BCUT2D eigenvalue weighted by molar-refractivity contribution is -0.124. The van der Waals surface area contributed by atoms with Crippen LogP contribution in [0, 0.1) is 5.82 Å². The minimum atomic E-state index is -4.07. The molecule has 0 atom stereocenters. The number of carbonyl (C=O) groups excluding carboxylic acids is 2. The average molecular weight is 372 g/mol. The van der Waals surface area contributed by atoms with E-state index in [1.54, 1.807) is 13.8 Å². The number of hydrogen-bond donors (Lipinski definition) is 1. The number of ether oxygens (including phenoxy) is 1. The first kappa shape index (κ1) is 20.8. The van der Waals surface area contributed by atoms with Crippen LogP contribution in [-0.4, -0.2) is 50.8 Å². The van der Waals surface area contributed by atoms with Crippen molar-refractivity contribution in [3.05, 3.63) is 42.2 Å². The van der Waals surface area contributed by atoms with E-state index in [9.17, 15) is 22.4 Å². The highest BCUT2D eigenvalue weighted by Crippen LogP contribution is 2.21. The topological polar surface area (TPSA) is 92.8 Å². The van der Waals surface area contributed by atoms with Crippen molar-refractivity contribution in [2.75, 3.05) is 26.2 Å². The minimum Gasteiger partial charge on any atom is -0.452 e. The Morgan fingerprint density at radius 1 is 1.32 bits per heavy atom. The van der Waals surface area contributed by atoms with Gasteiger partial charge in [0.15, 0.2) is 6.61 Å². The van der Waals surface area contributed by atoms with Gasteiger partial charge in [-0.05, 0) is 18.2 Å². The van der Waals surface area contributed by atoms with Gasteiger partial charge in [0.05, 0.1) is 5.56 Å². The summed E-state index contributed by atoms with van der Waals surface area (Å²) >= 11 is 0. The molecule has 1 aromatic carbocycles. The van der Waals surface area contributed by atoms with Gasteiger partial charge in [-0.1, -0.05) is 19.9 Å². The largest absolute Gasteiger partial charge is 0.452 e. The Hall–Kier alpha value is -2.26. The third kappa shape index (κ3) is 5.36. The zero-order chi connectivity index (χ0) is 19.0. The first-order chi connectivity index (χ1) is 11.8. The standard InChI is InChI=1S/C16H21FN2O5S/c1-4-9-18-15(20)11-24-16(21)12-7-8-13(17)14(10-12)25(22,23)19(5-2)6-3/h4,7-8,10H,1,5-6,9,11H2,2-3H3,(H,18,20). The van der Waals surface area contributed by atoms with Crippen molar-refractivity contribution < 1.29 is 27.1 Å². The van der Waals surface area contributed by atoms with E-state index in [-0.39, 0.29) is 25.2 Å². The van der Waals surface area contributed by atoms with E-state index in [1.165, 1.54) is 6.08 Å². The zero-order valence-corrected chi connectivity index (χ0v) is 14.9. The highest BCUT2D eigenvalue weighted by molar-refractivity contribution is 7.89. The van der Waals surface area contributed by atoms with Gasteiger partial charge < -0.3 is 10.1 Å². The molecule has 138 valence electrons.